The summed E-state index contributed by atoms with van der Waals surface area (Å²) in [6, 6.07) is 13.4. The van der Waals surface area contributed by atoms with Gasteiger partial charge in [0, 0.05) is 29.3 Å². The fourth-order valence-electron chi connectivity index (χ4n) is 3.74. The zero-order valence-corrected chi connectivity index (χ0v) is 15.3. The molecule has 1 aromatic heterocycles. The number of likely N-dealkylation sites (tertiary alicyclic amines) is 1. The molecule has 1 aromatic carbocycles. The Morgan fingerprint density at radius 2 is 2.08 bits per heavy atom. The van der Waals surface area contributed by atoms with Gasteiger partial charge in [-0.05, 0) is 36.4 Å². The lowest BCUT2D eigenvalue weighted by Gasteiger charge is -2.17. The number of hydrogen-bond acceptors (Lipinski definition) is 4. The lowest BCUT2D eigenvalue weighted by Crippen LogP contribution is -2.34. The number of carbonyl (C=O) groups excluding carboxylic acids is 2. The summed E-state index contributed by atoms with van der Waals surface area (Å²) in [6.45, 7) is 2.03. The highest BCUT2D eigenvalue weighted by Crippen LogP contribution is 2.58. The summed E-state index contributed by atoms with van der Waals surface area (Å²) >= 11 is 1.65. The van der Waals surface area contributed by atoms with E-state index in [1.54, 1.807) is 11.3 Å². The zero-order valence-electron chi connectivity index (χ0n) is 14.5. The number of nitrogens with one attached hydrogen (secondary N) is 1. The van der Waals surface area contributed by atoms with Crippen LogP contribution in [0.2, 0.25) is 0 Å². The van der Waals surface area contributed by atoms with Gasteiger partial charge in [0.15, 0.2) is 6.61 Å². The van der Waals surface area contributed by atoms with Crippen LogP contribution in [0.5, 0.6) is 5.75 Å². The number of amides is 2. The Balaban J connectivity index is 1.24. The molecule has 26 heavy (non-hydrogen) atoms. The highest BCUT2D eigenvalue weighted by molar-refractivity contribution is 7.09. The predicted octanol–water partition coefficient (Wildman–Crippen LogP) is 2.68. The van der Waals surface area contributed by atoms with Crippen molar-refractivity contribution in [1.29, 1.82) is 0 Å². The monoisotopic (exact) mass is 370 g/mol. The third kappa shape index (κ3) is 3.60. The quantitative estimate of drug-likeness (QED) is 0.851. The molecule has 0 radical (unpaired) electrons. The van der Waals surface area contributed by atoms with Crippen LogP contribution >= 0.6 is 11.3 Å². The lowest BCUT2D eigenvalue weighted by molar-refractivity contribution is -0.132. The van der Waals surface area contributed by atoms with Gasteiger partial charge in [0.2, 0.25) is 5.91 Å². The maximum Gasteiger partial charge on any atom is 0.260 e. The molecule has 0 unspecified atom stereocenters. The molecule has 6 heteroatoms. The van der Waals surface area contributed by atoms with E-state index in [0.29, 0.717) is 25.4 Å². The molecular weight excluding hydrogens is 348 g/mol. The number of rotatable bonds is 6. The number of ether oxygens (including phenoxy) is 1. The van der Waals surface area contributed by atoms with Crippen molar-refractivity contribution in [1.82, 2.24) is 10.2 Å². The molecule has 5 nitrogen and oxygen atoms in total. The van der Waals surface area contributed by atoms with Crippen molar-refractivity contribution in [3.8, 4) is 5.75 Å². The Kier molecular flexibility index (Phi) is 4.68. The molecule has 1 aliphatic heterocycles. The van der Waals surface area contributed by atoms with Crippen LogP contribution in [-0.4, -0.2) is 36.4 Å². The van der Waals surface area contributed by atoms with E-state index < -0.39 is 0 Å². The standard InChI is InChI=1S/C20H22N2O3S/c23-18(13-25-15-5-2-1-3-6-15)22-9-8-20(14-22)11-17(20)19(24)21-12-16-7-4-10-26-16/h1-7,10,17H,8-9,11-14H2,(H,21,24)/t17-,20+/m0/s1. The van der Waals surface area contributed by atoms with Crippen LogP contribution in [-0.2, 0) is 16.1 Å². The summed E-state index contributed by atoms with van der Waals surface area (Å²) in [5.74, 6) is 0.853. The molecule has 1 saturated carbocycles. The van der Waals surface area contributed by atoms with E-state index in [2.05, 4.69) is 5.32 Å². The van der Waals surface area contributed by atoms with Crippen molar-refractivity contribution in [2.24, 2.45) is 11.3 Å². The first kappa shape index (κ1) is 17.1. The van der Waals surface area contributed by atoms with E-state index in [-0.39, 0.29) is 29.8 Å². The Morgan fingerprint density at radius 3 is 2.85 bits per heavy atom. The summed E-state index contributed by atoms with van der Waals surface area (Å²) < 4.78 is 5.55. The van der Waals surface area contributed by atoms with Crippen molar-refractivity contribution in [3.05, 3.63) is 52.7 Å². The molecule has 2 amide bonds. The number of carbonyl (C=O) groups is 2. The first-order valence-electron chi connectivity index (χ1n) is 8.92. The Labute approximate surface area is 157 Å². The molecule has 1 spiro atoms. The van der Waals surface area contributed by atoms with Crippen LogP contribution in [0.1, 0.15) is 17.7 Å². The summed E-state index contributed by atoms with van der Waals surface area (Å²) in [5, 5.41) is 5.04. The van der Waals surface area contributed by atoms with Crippen molar-refractivity contribution >= 4 is 23.2 Å². The SMILES string of the molecule is O=C(NCc1cccs1)[C@@H]1C[C@@]12CCN(C(=O)COc1ccccc1)C2. The average molecular weight is 370 g/mol. The van der Waals surface area contributed by atoms with E-state index in [1.807, 2.05) is 52.7 Å². The number of thiophene rings is 1. The van der Waals surface area contributed by atoms with Gasteiger partial charge in [0.1, 0.15) is 5.75 Å². The van der Waals surface area contributed by atoms with Gasteiger partial charge in [0.25, 0.3) is 5.91 Å². The Bertz CT molecular complexity index is 778. The van der Waals surface area contributed by atoms with Crippen LogP contribution in [0.4, 0.5) is 0 Å². The fourth-order valence-corrected chi connectivity index (χ4v) is 4.39. The molecule has 2 aliphatic rings. The maximum atomic E-state index is 12.4. The number of nitrogens with zero attached hydrogens (tertiary/aromatic N) is 1. The third-order valence-electron chi connectivity index (χ3n) is 5.37. The number of para-hydroxylation sites is 1. The van der Waals surface area contributed by atoms with E-state index in [9.17, 15) is 9.59 Å². The van der Waals surface area contributed by atoms with E-state index in [1.165, 1.54) is 0 Å². The second kappa shape index (κ2) is 7.11. The minimum Gasteiger partial charge on any atom is -0.484 e. The van der Waals surface area contributed by atoms with E-state index in [4.69, 9.17) is 4.74 Å². The molecule has 2 aromatic rings. The second-order valence-electron chi connectivity index (χ2n) is 7.08. The van der Waals surface area contributed by atoms with Gasteiger partial charge in [-0.15, -0.1) is 11.3 Å². The first-order valence-corrected chi connectivity index (χ1v) is 9.80. The molecular formula is C20H22N2O3S. The molecule has 2 fully saturated rings. The molecule has 4 rings (SSSR count). The first-order chi connectivity index (χ1) is 12.7. The third-order valence-corrected chi connectivity index (χ3v) is 6.24. The predicted molar refractivity (Wildman–Crippen MR) is 99.8 cm³/mol. The van der Waals surface area contributed by atoms with Crippen molar-refractivity contribution in [3.63, 3.8) is 0 Å². The van der Waals surface area contributed by atoms with Gasteiger partial charge in [-0.1, -0.05) is 24.3 Å². The Morgan fingerprint density at radius 1 is 1.23 bits per heavy atom. The Hall–Kier alpha value is -2.34. The molecule has 2 atom stereocenters. The lowest BCUT2D eigenvalue weighted by atomic mass is 10.0. The van der Waals surface area contributed by atoms with Gasteiger partial charge >= 0.3 is 0 Å². The van der Waals surface area contributed by atoms with Gasteiger partial charge in [-0.3, -0.25) is 9.59 Å². The van der Waals surface area contributed by atoms with Crippen LogP contribution in [0.25, 0.3) is 0 Å². The topological polar surface area (TPSA) is 58.6 Å². The van der Waals surface area contributed by atoms with Crippen LogP contribution in [0.15, 0.2) is 47.8 Å². The minimum atomic E-state index is -0.0120. The van der Waals surface area contributed by atoms with Crippen molar-refractivity contribution in [2.75, 3.05) is 19.7 Å². The van der Waals surface area contributed by atoms with Crippen molar-refractivity contribution in [2.45, 2.75) is 19.4 Å². The second-order valence-corrected chi connectivity index (χ2v) is 8.12. The highest BCUT2D eigenvalue weighted by atomic mass is 32.1. The fraction of sp³-hybridized carbons (Fsp3) is 0.400. The van der Waals surface area contributed by atoms with Crippen LogP contribution in [0.3, 0.4) is 0 Å². The maximum absolute atomic E-state index is 12.4. The van der Waals surface area contributed by atoms with Crippen LogP contribution in [0, 0.1) is 11.3 Å². The molecule has 0 bridgehead atoms. The molecule has 1 saturated heterocycles. The molecule has 1 aliphatic carbocycles. The van der Waals surface area contributed by atoms with Gasteiger partial charge in [-0.2, -0.15) is 0 Å². The van der Waals surface area contributed by atoms with E-state index >= 15 is 0 Å². The zero-order chi connectivity index (χ0) is 18.0. The summed E-state index contributed by atoms with van der Waals surface area (Å²) in [5.41, 5.74) is -0.0120. The smallest absolute Gasteiger partial charge is 0.260 e. The molecule has 136 valence electrons. The molecule has 2 heterocycles. The summed E-state index contributed by atoms with van der Waals surface area (Å²) in [4.78, 5) is 27.8. The number of hydrogen-bond donors (Lipinski definition) is 1. The van der Waals surface area contributed by atoms with Crippen molar-refractivity contribution < 1.29 is 14.3 Å². The largest absolute Gasteiger partial charge is 0.484 e. The summed E-state index contributed by atoms with van der Waals surface area (Å²) in [7, 11) is 0. The summed E-state index contributed by atoms with van der Waals surface area (Å²) in [6.07, 6.45) is 1.79. The minimum absolute atomic E-state index is 0.00429. The van der Waals surface area contributed by atoms with Gasteiger partial charge < -0.3 is 15.0 Å². The molecule has 1 N–H and O–H groups in total. The van der Waals surface area contributed by atoms with E-state index in [0.717, 1.165) is 17.7 Å². The average Bonchev–Trinajstić information content (AvgIpc) is 3.02. The highest BCUT2D eigenvalue weighted by Gasteiger charge is 2.61. The van der Waals surface area contributed by atoms with Gasteiger partial charge in [0.05, 0.1) is 6.54 Å². The van der Waals surface area contributed by atoms with Gasteiger partial charge in [-0.25, -0.2) is 0 Å². The number of benzene rings is 1. The normalized spacial score (nSPS) is 23.8. The van der Waals surface area contributed by atoms with Crippen LogP contribution < -0.4 is 10.1 Å².